The highest BCUT2D eigenvalue weighted by Crippen LogP contribution is 2.50. The minimum atomic E-state index is -2.27. The zero-order valence-corrected chi connectivity index (χ0v) is 24.0. The number of aromatic nitrogens is 1. The lowest BCUT2D eigenvalue weighted by atomic mass is 9.66. The van der Waals surface area contributed by atoms with Gasteiger partial charge in [0.2, 0.25) is 0 Å². The molecule has 230 valence electrons. The molecule has 2 aromatic carbocycles. The fraction of sp³-hybridized carbons (Fsp3) is 0.424. The van der Waals surface area contributed by atoms with Crippen molar-refractivity contribution < 1.29 is 39.1 Å². The molecule has 0 amide bonds. The van der Waals surface area contributed by atoms with E-state index in [9.17, 15) is 14.0 Å². The van der Waals surface area contributed by atoms with Crippen LogP contribution in [0.15, 0.2) is 73.1 Å². The van der Waals surface area contributed by atoms with Crippen molar-refractivity contribution in [1.29, 1.82) is 0 Å². The van der Waals surface area contributed by atoms with E-state index in [-0.39, 0.29) is 16.8 Å². The third kappa shape index (κ3) is 8.23. The molecule has 2 heterocycles. The third-order valence-electron chi connectivity index (χ3n) is 8.53. The number of carbonyl (C=O) groups is 2. The maximum atomic E-state index is 13.7. The lowest BCUT2D eigenvalue weighted by molar-refractivity contribution is -0.165. The number of aliphatic hydroxyl groups is 2. The molecule has 43 heavy (non-hydrogen) atoms. The first-order chi connectivity index (χ1) is 20.6. The highest BCUT2D eigenvalue weighted by Gasteiger charge is 2.47. The summed E-state index contributed by atoms with van der Waals surface area (Å²) in [4.78, 5) is 23.7. The molecule has 1 saturated carbocycles. The number of aliphatic carboxylic acids is 2. The second-order valence-corrected chi connectivity index (χ2v) is 11.3. The number of aliphatic hydroxyl groups excluding tert-OH is 2. The molecule has 2 fully saturated rings. The molecule has 1 aliphatic heterocycles. The summed E-state index contributed by atoms with van der Waals surface area (Å²) in [7, 11) is 0. The molecule has 1 spiro atoms. The molecule has 1 aromatic heterocycles. The molecule has 3 atom stereocenters. The zero-order chi connectivity index (χ0) is 30.9. The molecule has 2 aliphatic rings. The van der Waals surface area contributed by atoms with E-state index in [1.807, 2.05) is 24.5 Å². The van der Waals surface area contributed by atoms with Crippen LogP contribution in [0.25, 0.3) is 11.1 Å². The fourth-order valence-electron chi connectivity index (χ4n) is 6.28. The van der Waals surface area contributed by atoms with Gasteiger partial charge in [-0.2, -0.15) is 0 Å². The van der Waals surface area contributed by atoms with Crippen molar-refractivity contribution in [2.45, 2.75) is 74.7 Å². The lowest BCUT2D eigenvalue weighted by Gasteiger charge is -2.47. The van der Waals surface area contributed by atoms with Gasteiger partial charge in [0.25, 0.3) is 0 Å². The molecule has 9 nitrogen and oxygen atoms in total. The van der Waals surface area contributed by atoms with Gasteiger partial charge in [0.15, 0.2) is 12.2 Å². The number of carboxylic acids is 2. The van der Waals surface area contributed by atoms with Gasteiger partial charge in [-0.3, -0.25) is 4.98 Å². The molecule has 1 aliphatic carbocycles. The van der Waals surface area contributed by atoms with Crippen LogP contribution in [-0.4, -0.2) is 68.3 Å². The van der Waals surface area contributed by atoms with Gasteiger partial charge >= 0.3 is 11.9 Å². The Bertz CT molecular complexity index is 1330. The van der Waals surface area contributed by atoms with Crippen LogP contribution < -0.4 is 5.32 Å². The standard InChI is InChI=1S/C29H33FN2O.C4H6O6/c30-26-9-7-25(8-10-26)28(16-20-33-29(22-28)13-3-4-14-29)15-19-32-21-24-5-1-2-6-27(24)23-11-17-31-18-12-23;5-1(3(7)8)2(6)4(9)10/h1-2,5-12,17-18,32H,3-4,13-16,19-22H2;1-2,5-6H,(H,7,8)(H,9,10)/t28-;1-,2-/m10/s1. The maximum Gasteiger partial charge on any atom is 0.335 e. The van der Waals surface area contributed by atoms with Crippen LogP contribution in [0, 0.1) is 5.82 Å². The van der Waals surface area contributed by atoms with Gasteiger partial charge in [-0.25, -0.2) is 14.0 Å². The molecule has 1 saturated heterocycles. The Kier molecular flexibility index (Phi) is 11.0. The molecular formula is C33H39FN2O7. The van der Waals surface area contributed by atoms with Crippen molar-refractivity contribution in [3.8, 4) is 11.1 Å². The van der Waals surface area contributed by atoms with E-state index in [1.165, 1.54) is 35.1 Å². The lowest BCUT2D eigenvalue weighted by Crippen LogP contribution is -2.47. The largest absolute Gasteiger partial charge is 0.479 e. The van der Waals surface area contributed by atoms with Gasteiger partial charge in [-0.05, 0) is 85.2 Å². The van der Waals surface area contributed by atoms with Crippen LogP contribution in [0.4, 0.5) is 4.39 Å². The summed E-state index contributed by atoms with van der Waals surface area (Å²) in [5.74, 6) is -3.70. The molecule has 3 aromatic rings. The average molecular weight is 595 g/mol. The van der Waals surface area contributed by atoms with Crippen molar-refractivity contribution in [1.82, 2.24) is 10.3 Å². The molecule has 5 rings (SSSR count). The minimum Gasteiger partial charge on any atom is -0.479 e. The quantitative estimate of drug-likeness (QED) is 0.217. The number of halogens is 1. The van der Waals surface area contributed by atoms with Crippen molar-refractivity contribution in [2.75, 3.05) is 13.2 Å². The maximum absolute atomic E-state index is 13.7. The van der Waals surface area contributed by atoms with Crippen LogP contribution in [0.5, 0.6) is 0 Å². The number of benzene rings is 2. The Morgan fingerprint density at radius 3 is 2.16 bits per heavy atom. The molecule has 0 radical (unpaired) electrons. The van der Waals surface area contributed by atoms with E-state index < -0.39 is 24.1 Å². The Morgan fingerprint density at radius 1 is 0.907 bits per heavy atom. The summed E-state index contributed by atoms with van der Waals surface area (Å²) in [6.45, 7) is 2.53. The minimum absolute atomic E-state index is 0.0145. The summed E-state index contributed by atoms with van der Waals surface area (Å²) in [5, 5.41) is 36.2. The van der Waals surface area contributed by atoms with Gasteiger partial charge in [0.05, 0.1) is 5.60 Å². The molecule has 10 heteroatoms. The van der Waals surface area contributed by atoms with Crippen molar-refractivity contribution in [2.24, 2.45) is 0 Å². The zero-order valence-electron chi connectivity index (χ0n) is 24.0. The van der Waals surface area contributed by atoms with Gasteiger partial charge in [-0.1, -0.05) is 49.2 Å². The smallest absolute Gasteiger partial charge is 0.335 e. The second-order valence-electron chi connectivity index (χ2n) is 11.3. The number of rotatable bonds is 10. The van der Waals surface area contributed by atoms with E-state index in [4.69, 9.17) is 25.2 Å². The number of hydrogen-bond donors (Lipinski definition) is 5. The Balaban J connectivity index is 0.000000365. The van der Waals surface area contributed by atoms with E-state index in [2.05, 4.69) is 46.7 Å². The van der Waals surface area contributed by atoms with Crippen LogP contribution in [0.1, 0.15) is 56.1 Å². The van der Waals surface area contributed by atoms with Crippen LogP contribution in [0.2, 0.25) is 0 Å². The van der Waals surface area contributed by atoms with E-state index in [1.54, 1.807) is 12.1 Å². The fourth-order valence-corrected chi connectivity index (χ4v) is 6.28. The van der Waals surface area contributed by atoms with E-state index in [0.29, 0.717) is 0 Å². The van der Waals surface area contributed by atoms with Gasteiger partial charge < -0.3 is 30.5 Å². The number of hydrogen-bond acceptors (Lipinski definition) is 7. The Hall–Kier alpha value is -3.70. The molecule has 0 unspecified atom stereocenters. The first-order valence-corrected chi connectivity index (χ1v) is 14.6. The second kappa shape index (κ2) is 14.7. The first kappa shape index (κ1) is 32.2. The van der Waals surface area contributed by atoms with Crippen molar-refractivity contribution in [3.63, 3.8) is 0 Å². The monoisotopic (exact) mass is 594 g/mol. The number of pyridine rings is 1. The third-order valence-corrected chi connectivity index (χ3v) is 8.53. The number of nitrogens with zero attached hydrogens (tertiary/aromatic N) is 1. The SMILES string of the molecule is Fc1ccc([C@]2(CCNCc3ccccc3-c3ccncc3)CCOC3(CCCC3)C2)cc1.O=C(O)[C@@H](O)[C@H](O)C(=O)O. The van der Waals surface area contributed by atoms with Gasteiger partial charge in [0.1, 0.15) is 5.82 Å². The Labute approximate surface area is 250 Å². The van der Waals surface area contributed by atoms with Crippen molar-refractivity contribution >= 4 is 11.9 Å². The van der Waals surface area contributed by atoms with Crippen LogP contribution >= 0.6 is 0 Å². The van der Waals surface area contributed by atoms with Gasteiger partial charge in [0, 0.05) is 31.0 Å². The summed E-state index contributed by atoms with van der Waals surface area (Å²) >= 11 is 0. The molecule has 0 bridgehead atoms. The average Bonchev–Trinajstić information content (AvgIpc) is 3.46. The van der Waals surface area contributed by atoms with E-state index >= 15 is 0 Å². The van der Waals surface area contributed by atoms with Crippen LogP contribution in [-0.2, 0) is 26.3 Å². The normalized spacial score (nSPS) is 20.5. The Morgan fingerprint density at radius 2 is 1.53 bits per heavy atom. The van der Waals surface area contributed by atoms with E-state index in [0.717, 1.165) is 51.8 Å². The van der Waals surface area contributed by atoms with Crippen molar-refractivity contribution in [3.05, 3.63) is 90.0 Å². The number of carboxylic acid groups (broad SMARTS) is 2. The summed E-state index contributed by atoms with van der Waals surface area (Å²) in [6.07, 6.45) is 7.04. The number of nitrogens with one attached hydrogen (secondary N) is 1. The summed E-state index contributed by atoms with van der Waals surface area (Å²) in [5.41, 5.74) is 5.04. The summed E-state index contributed by atoms with van der Waals surface area (Å²) < 4.78 is 20.1. The first-order valence-electron chi connectivity index (χ1n) is 14.6. The molecule has 5 N–H and O–H groups in total. The highest BCUT2D eigenvalue weighted by molar-refractivity contribution is 5.83. The highest BCUT2D eigenvalue weighted by atomic mass is 19.1. The number of ether oxygens (including phenoxy) is 1. The predicted octanol–water partition coefficient (Wildman–Crippen LogP) is 4.31. The predicted molar refractivity (Wildman–Crippen MR) is 158 cm³/mol. The van der Waals surface area contributed by atoms with Gasteiger partial charge in [-0.15, -0.1) is 0 Å². The molecular weight excluding hydrogens is 555 g/mol. The van der Waals surface area contributed by atoms with Crippen LogP contribution in [0.3, 0.4) is 0 Å². The topological polar surface area (TPSA) is 149 Å². The summed E-state index contributed by atoms with van der Waals surface area (Å²) in [6, 6.07) is 19.9.